The van der Waals surface area contributed by atoms with Gasteiger partial charge in [0.2, 0.25) is 0 Å². The van der Waals surface area contributed by atoms with Crippen molar-refractivity contribution in [2.24, 2.45) is 0 Å². The van der Waals surface area contributed by atoms with Gasteiger partial charge < -0.3 is 14.5 Å². The van der Waals surface area contributed by atoms with Crippen molar-refractivity contribution in [2.45, 2.75) is 69.9 Å². The molecule has 2 aromatic carbocycles. The van der Waals surface area contributed by atoms with Crippen LogP contribution in [0, 0.1) is 0 Å². The molecule has 0 bridgehead atoms. The van der Waals surface area contributed by atoms with Gasteiger partial charge in [-0.3, -0.25) is 9.59 Å². The zero-order chi connectivity index (χ0) is 23.0. The lowest BCUT2D eigenvalue weighted by Crippen LogP contribution is -2.51. The summed E-state index contributed by atoms with van der Waals surface area (Å²) in [6.45, 7) is 1.50. The number of fused-ring (bicyclic) bond motifs is 2. The molecular formula is C28H36N2O3. The van der Waals surface area contributed by atoms with E-state index < -0.39 is 0 Å². The van der Waals surface area contributed by atoms with Gasteiger partial charge in [0, 0.05) is 25.7 Å². The van der Waals surface area contributed by atoms with Crippen LogP contribution in [-0.4, -0.2) is 53.9 Å². The summed E-state index contributed by atoms with van der Waals surface area (Å²) in [5.74, 6) is 0.725. The first-order chi connectivity index (χ1) is 16.1. The average Bonchev–Trinajstić information content (AvgIpc) is 2.86. The molecule has 176 valence electrons. The molecule has 0 spiro atoms. The fraction of sp³-hybridized carbons (Fsp3) is 0.500. The molecule has 1 aliphatic carbocycles. The van der Waals surface area contributed by atoms with Crippen molar-refractivity contribution in [3.8, 4) is 5.75 Å². The molecule has 2 atom stereocenters. The minimum atomic E-state index is -0.115. The molecule has 1 fully saturated rings. The molecular weight excluding hydrogens is 412 g/mol. The third-order valence-electron chi connectivity index (χ3n) is 6.98. The highest BCUT2D eigenvalue weighted by Crippen LogP contribution is 2.31. The molecule has 0 unspecified atom stereocenters. The van der Waals surface area contributed by atoms with Crippen LogP contribution in [0.5, 0.6) is 5.75 Å². The van der Waals surface area contributed by atoms with Crippen molar-refractivity contribution in [1.82, 2.24) is 9.80 Å². The Morgan fingerprint density at radius 1 is 0.818 bits per heavy atom. The van der Waals surface area contributed by atoms with Gasteiger partial charge in [0.15, 0.2) is 0 Å². The summed E-state index contributed by atoms with van der Waals surface area (Å²) >= 11 is 0. The fourth-order valence-electron chi connectivity index (χ4n) is 5.11. The van der Waals surface area contributed by atoms with Gasteiger partial charge in [-0.1, -0.05) is 56.0 Å². The van der Waals surface area contributed by atoms with Crippen LogP contribution in [0.25, 0.3) is 0 Å². The molecule has 2 amide bonds. The summed E-state index contributed by atoms with van der Waals surface area (Å²) in [5.41, 5.74) is 1.34. The molecule has 1 saturated carbocycles. The molecule has 1 aliphatic heterocycles. The Balaban J connectivity index is 1.66. The predicted octanol–water partition coefficient (Wildman–Crippen LogP) is 5.56. The number of amides is 2. The van der Waals surface area contributed by atoms with Gasteiger partial charge in [0.25, 0.3) is 11.8 Å². The summed E-state index contributed by atoms with van der Waals surface area (Å²) in [5, 5.41) is 0. The van der Waals surface area contributed by atoms with Crippen LogP contribution in [0.2, 0.25) is 0 Å². The van der Waals surface area contributed by atoms with Crippen molar-refractivity contribution in [3.05, 3.63) is 65.7 Å². The SMILES string of the molecule is CN1CCCCCCCN(C(=O)c2ccccc2)[C@@H]2CCCC[C@@H]2Oc2ccccc2C1=O. The van der Waals surface area contributed by atoms with Gasteiger partial charge in [-0.2, -0.15) is 0 Å². The van der Waals surface area contributed by atoms with E-state index in [0.717, 1.165) is 76.4 Å². The molecule has 2 aromatic rings. The summed E-state index contributed by atoms with van der Waals surface area (Å²) in [7, 11) is 1.88. The van der Waals surface area contributed by atoms with Gasteiger partial charge in [-0.05, 0) is 56.4 Å². The smallest absolute Gasteiger partial charge is 0.257 e. The van der Waals surface area contributed by atoms with Gasteiger partial charge in [0.1, 0.15) is 11.9 Å². The Labute approximate surface area is 197 Å². The largest absolute Gasteiger partial charge is 0.487 e. The molecule has 4 rings (SSSR count). The molecule has 0 aromatic heterocycles. The molecule has 1 heterocycles. The summed E-state index contributed by atoms with van der Waals surface area (Å²) in [6, 6.07) is 17.2. The minimum Gasteiger partial charge on any atom is -0.487 e. The van der Waals surface area contributed by atoms with Crippen LogP contribution in [0.1, 0.15) is 78.5 Å². The van der Waals surface area contributed by atoms with E-state index in [4.69, 9.17) is 4.74 Å². The van der Waals surface area contributed by atoms with Crippen LogP contribution < -0.4 is 4.74 Å². The molecule has 0 saturated heterocycles. The molecule has 5 heteroatoms. The quantitative estimate of drug-likeness (QED) is 0.574. The second kappa shape index (κ2) is 11.4. The van der Waals surface area contributed by atoms with Crippen LogP contribution in [0.4, 0.5) is 0 Å². The Kier molecular flexibility index (Phi) is 8.03. The zero-order valence-corrected chi connectivity index (χ0v) is 19.7. The maximum atomic E-state index is 13.6. The second-order valence-electron chi connectivity index (χ2n) is 9.36. The number of hydrogen-bond donors (Lipinski definition) is 0. The highest BCUT2D eigenvalue weighted by atomic mass is 16.5. The van der Waals surface area contributed by atoms with Crippen LogP contribution in [-0.2, 0) is 0 Å². The Hall–Kier alpha value is -2.82. The summed E-state index contributed by atoms with van der Waals surface area (Å²) in [6.07, 6.45) is 9.16. The number of benzene rings is 2. The first kappa shape index (κ1) is 23.3. The van der Waals surface area contributed by atoms with E-state index in [1.54, 1.807) is 0 Å². The average molecular weight is 449 g/mol. The van der Waals surface area contributed by atoms with Gasteiger partial charge in [0.05, 0.1) is 11.6 Å². The van der Waals surface area contributed by atoms with E-state index in [1.165, 1.54) is 0 Å². The molecule has 0 radical (unpaired) electrons. The van der Waals surface area contributed by atoms with Crippen molar-refractivity contribution in [1.29, 1.82) is 0 Å². The predicted molar refractivity (Wildman–Crippen MR) is 131 cm³/mol. The van der Waals surface area contributed by atoms with Crippen molar-refractivity contribution >= 4 is 11.8 Å². The van der Waals surface area contributed by atoms with Crippen molar-refractivity contribution in [3.63, 3.8) is 0 Å². The molecule has 5 nitrogen and oxygen atoms in total. The summed E-state index contributed by atoms with van der Waals surface area (Å²) in [4.78, 5) is 30.6. The van der Waals surface area contributed by atoms with E-state index >= 15 is 0 Å². The number of ether oxygens (including phenoxy) is 1. The highest BCUT2D eigenvalue weighted by molar-refractivity contribution is 5.97. The lowest BCUT2D eigenvalue weighted by Gasteiger charge is -2.40. The molecule has 0 N–H and O–H groups in total. The van der Waals surface area contributed by atoms with Crippen LogP contribution in [0.15, 0.2) is 54.6 Å². The molecule has 33 heavy (non-hydrogen) atoms. The number of carbonyl (C=O) groups is 2. The third-order valence-corrected chi connectivity index (χ3v) is 6.98. The molecule has 2 aliphatic rings. The van der Waals surface area contributed by atoms with E-state index in [9.17, 15) is 9.59 Å². The normalized spacial score (nSPS) is 22.9. The number of para-hydroxylation sites is 1. The first-order valence-electron chi connectivity index (χ1n) is 12.5. The lowest BCUT2D eigenvalue weighted by molar-refractivity contribution is 0.0270. The highest BCUT2D eigenvalue weighted by Gasteiger charge is 2.35. The topological polar surface area (TPSA) is 49.9 Å². The zero-order valence-electron chi connectivity index (χ0n) is 19.7. The van der Waals surface area contributed by atoms with Crippen LogP contribution in [0.3, 0.4) is 0 Å². The number of rotatable bonds is 1. The van der Waals surface area contributed by atoms with Gasteiger partial charge in [-0.15, -0.1) is 0 Å². The van der Waals surface area contributed by atoms with E-state index in [0.29, 0.717) is 11.3 Å². The number of nitrogens with zero attached hydrogens (tertiary/aromatic N) is 2. The number of hydrogen-bond acceptors (Lipinski definition) is 3. The maximum Gasteiger partial charge on any atom is 0.257 e. The van der Waals surface area contributed by atoms with Gasteiger partial charge in [-0.25, -0.2) is 0 Å². The standard InChI is InChI=1S/C28H36N2O3/c1-29-20-12-3-2-4-13-21-30(27(31)22-14-6-5-7-15-22)24-17-9-11-19-26(24)33-25-18-10-8-16-23(25)28(29)32/h5-8,10,14-16,18,24,26H,2-4,9,11-13,17,19-21H2,1H3/t24-,26+/m1/s1. The fourth-order valence-corrected chi connectivity index (χ4v) is 5.11. The Morgan fingerprint density at radius 2 is 1.48 bits per heavy atom. The van der Waals surface area contributed by atoms with E-state index in [1.807, 2.05) is 66.5 Å². The third kappa shape index (κ3) is 5.76. The lowest BCUT2D eigenvalue weighted by atomic mass is 9.90. The monoisotopic (exact) mass is 448 g/mol. The van der Waals surface area contributed by atoms with E-state index in [2.05, 4.69) is 4.90 Å². The maximum absolute atomic E-state index is 13.6. The van der Waals surface area contributed by atoms with Crippen molar-refractivity contribution < 1.29 is 14.3 Å². The van der Waals surface area contributed by atoms with E-state index in [-0.39, 0.29) is 24.0 Å². The van der Waals surface area contributed by atoms with Crippen molar-refractivity contribution in [2.75, 3.05) is 20.1 Å². The van der Waals surface area contributed by atoms with Gasteiger partial charge >= 0.3 is 0 Å². The Morgan fingerprint density at radius 3 is 2.30 bits per heavy atom. The summed E-state index contributed by atoms with van der Waals surface area (Å²) < 4.78 is 6.57. The Bertz CT molecular complexity index is 930. The first-order valence-corrected chi connectivity index (χ1v) is 12.5. The minimum absolute atomic E-state index is 0.00468. The number of carbonyl (C=O) groups excluding carboxylic acids is 2. The van der Waals surface area contributed by atoms with Crippen LogP contribution >= 0.6 is 0 Å². The second-order valence-corrected chi connectivity index (χ2v) is 9.36.